The molecule has 130 valence electrons. The van der Waals surface area contributed by atoms with Gasteiger partial charge in [0, 0.05) is 5.69 Å². The Morgan fingerprint density at radius 3 is 2.12 bits per heavy atom. The minimum atomic E-state index is -0.430. The highest BCUT2D eigenvalue weighted by Crippen LogP contribution is 2.49. The van der Waals surface area contributed by atoms with Gasteiger partial charge in [0.25, 0.3) is 0 Å². The summed E-state index contributed by atoms with van der Waals surface area (Å²) >= 11 is 0. The van der Waals surface area contributed by atoms with Crippen LogP contribution in [0.3, 0.4) is 0 Å². The highest BCUT2D eigenvalue weighted by atomic mass is 16.2. The van der Waals surface area contributed by atoms with Crippen molar-refractivity contribution in [3.63, 3.8) is 0 Å². The number of fused-ring (bicyclic) bond motifs is 1. The predicted octanol–water partition coefficient (Wildman–Crippen LogP) is 2.27. The van der Waals surface area contributed by atoms with Crippen LogP contribution in [0.1, 0.15) is 18.4 Å². The Bertz CT molecular complexity index is 724. The molecular weight excluding hydrogens is 318 g/mol. The first kappa shape index (κ1) is 15.9. The van der Waals surface area contributed by atoms with Crippen LogP contribution < -0.4 is 10.6 Å². The molecule has 1 saturated carbocycles. The maximum Gasteiger partial charge on any atom is 0.320 e. The molecule has 1 aliphatic heterocycles. The van der Waals surface area contributed by atoms with Crippen LogP contribution in [0.4, 0.5) is 10.5 Å². The van der Waals surface area contributed by atoms with Gasteiger partial charge in [-0.25, -0.2) is 4.79 Å². The van der Waals surface area contributed by atoms with E-state index in [-0.39, 0.29) is 42.2 Å². The summed E-state index contributed by atoms with van der Waals surface area (Å²) in [6, 6.07) is 6.98. The number of carbonyl (C=O) groups is 3. The SMILES string of the molecule is Cc1ccc(NC(=O)NCN2C(=O)[C@@H]3[C@@H](C2=O)[C@H]2C=C[C@H]3CC2)cc1. The highest BCUT2D eigenvalue weighted by Gasteiger charge is 2.56. The first-order valence-corrected chi connectivity index (χ1v) is 8.69. The number of nitrogens with zero attached hydrogens (tertiary/aromatic N) is 1. The van der Waals surface area contributed by atoms with Crippen LogP contribution in [0.15, 0.2) is 36.4 Å². The van der Waals surface area contributed by atoms with E-state index in [1.807, 2.05) is 19.1 Å². The van der Waals surface area contributed by atoms with Gasteiger partial charge in [-0.15, -0.1) is 0 Å². The lowest BCUT2D eigenvalue weighted by Gasteiger charge is -2.38. The molecule has 1 aromatic rings. The van der Waals surface area contributed by atoms with Crippen LogP contribution in [0.25, 0.3) is 0 Å². The number of likely N-dealkylation sites (tertiary alicyclic amines) is 1. The molecule has 0 unspecified atom stereocenters. The molecule has 1 heterocycles. The smallest absolute Gasteiger partial charge is 0.320 e. The van der Waals surface area contributed by atoms with Crippen molar-refractivity contribution in [3.05, 3.63) is 42.0 Å². The quantitative estimate of drug-likeness (QED) is 0.655. The molecule has 2 fully saturated rings. The normalized spacial score (nSPS) is 29.7. The lowest BCUT2D eigenvalue weighted by molar-refractivity contribution is -0.140. The fourth-order valence-corrected chi connectivity index (χ4v) is 4.25. The van der Waals surface area contributed by atoms with E-state index in [9.17, 15) is 14.4 Å². The predicted molar refractivity (Wildman–Crippen MR) is 92.4 cm³/mol. The first-order chi connectivity index (χ1) is 12.0. The average Bonchev–Trinajstić information content (AvgIpc) is 2.89. The van der Waals surface area contributed by atoms with Gasteiger partial charge in [0.05, 0.1) is 11.8 Å². The van der Waals surface area contributed by atoms with E-state index in [2.05, 4.69) is 22.8 Å². The molecule has 3 aliphatic carbocycles. The third-order valence-electron chi connectivity index (χ3n) is 5.56. The van der Waals surface area contributed by atoms with Crippen LogP contribution in [-0.4, -0.2) is 29.4 Å². The lowest BCUT2D eigenvalue weighted by atomic mass is 9.63. The van der Waals surface area contributed by atoms with E-state index in [0.29, 0.717) is 5.69 Å². The topological polar surface area (TPSA) is 78.5 Å². The lowest BCUT2D eigenvalue weighted by Crippen LogP contribution is -2.43. The van der Waals surface area contributed by atoms with Gasteiger partial charge in [-0.3, -0.25) is 14.5 Å². The number of benzene rings is 1. The molecule has 1 saturated heterocycles. The van der Waals surface area contributed by atoms with Crippen molar-refractivity contribution in [3.8, 4) is 0 Å². The zero-order valence-electron chi connectivity index (χ0n) is 14.1. The Kier molecular flexibility index (Phi) is 3.82. The molecule has 4 aliphatic rings. The third kappa shape index (κ3) is 2.71. The van der Waals surface area contributed by atoms with Gasteiger partial charge < -0.3 is 10.6 Å². The molecule has 0 aromatic heterocycles. The number of nitrogens with one attached hydrogen (secondary N) is 2. The molecule has 0 radical (unpaired) electrons. The van der Waals surface area contributed by atoms with Gasteiger partial charge in [-0.2, -0.15) is 0 Å². The molecule has 4 amide bonds. The van der Waals surface area contributed by atoms with Crippen molar-refractivity contribution < 1.29 is 14.4 Å². The number of allylic oxidation sites excluding steroid dienone is 2. The monoisotopic (exact) mass is 339 g/mol. The number of carbonyl (C=O) groups excluding carboxylic acids is 3. The number of anilines is 1. The second-order valence-corrected chi connectivity index (χ2v) is 7.10. The molecule has 0 spiro atoms. The third-order valence-corrected chi connectivity index (χ3v) is 5.56. The van der Waals surface area contributed by atoms with E-state index in [1.54, 1.807) is 12.1 Å². The molecule has 2 bridgehead atoms. The van der Waals surface area contributed by atoms with Crippen molar-refractivity contribution in [1.29, 1.82) is 0 Å². The molecule has 2 N–H and O–H groups in total. The van der Waals surface area contributed by atoms with E-state index >= 15 is 0 Å². The Hall–Kier alpha value is -2.63. The largest absolute Gasteiger partial charge is 0.320 e. The van der Waals surface area contributed by atoms with Crippen molar-refractivity contribution in [2.75, 3.05) is 12.0 Å². The number of hydrogen-bond donors (Lipinski definition) is 2. The van der Waals surface area contributed by atoms with Gasteiger partial charge >= 0.3 is 6.03 Å². The fraction of sp³-hybridized carbons (Fsp3) is 0.421. The second kappa shape index (κ2) is 6.02. The molecule has 6 nitrogen and oxygen atoms in total. The summed E-state index contributed by atoms with van der Waals surface area (Å²) < 4.78 is 0. The van der Waals surface area contributed by atoms with Crippen molar-refractivity contribution in [2.45, 2.75) is 19.8 Å². The Balaban J connectivity index is 1.38. The number of rotatable bonds is 3. The van der Waals surface area contributed by atoms with Gasteiger partial charge in [0.15, 0.2) is 0 Å². The summed E-state index contributed by atoms with van der Waals surface area (Å²) in [4.78, 5) is 38.5. The van der Waals surface area contributed by atoms with E-state index in [1.165, 1.54) is 4.90 Å². The Labute approximate surface area is 146 Å². The summed E-state index contributed by atoms with van der Waals surface area (Å²) in [7, 11) is 0. The standard InChI is InChI=1S/C19H21N3O3/c1-11-2-8-14(9-3-11)21-19(25)20-10-22-17(23)15-12-4-5-13(7-6-12)16(15)18(22)24/h2-5,8-9,12-13,15-16H,6-7,10H2,1H3,(H2,20,21,25)/t12-,13-,15-,16-/m0/s1. The zero-order valence-corrected chi connectivity index (χ0v) is 14.1. The number of hydrogen-bond acceptors (Lipinski definition) is 3. The van der Waals surface area contributed by atoms with E-state index in [0.717, 1.165) is 18.4 Å². The van der Waals surface area contributed by atoms with Crippen LogP contribution in [0.2, 0.25) is 0 Å². The van der Waals surface area contributed by atoms with Crippen molar-refractivity contribution in [1.82, 2.24) is 10.2 Å². The molecular formula is C19H21N3O3. The van der Waals surface area contributed by atoms with Crippen LogP contribution in [0, 0.1) is 30.6 Å². The molecule has 6 heteroatoms. The van der Waals surface area contributed by atoms with Gasteiger partial charge in [-0.1, -0.05) is 29.8 Å². The van der Waals surface area contributed by atoms with E-state index in [4.69, 9.17) is 0 Å². The van der Waals surface area contributed by atoms with Crippen LogP contribution >= 0.6 is 0 Å². The van der Waals surface area contributed by atoms with Gasteiger partial charge in [0.1, 0.15) is 6.67 Å². The molecule has 5 rings (SSSR count). The van der Waals surface area contributed by atoms with Crippen molar-refractivity contribution >= 4 is 23.5 Å². The average molecular weight is 339 g/mol. The minimum Gasteiger partial charge on any atom is -0.320 e. The fourth-order valence-electron chi connectivity index (χ4n) is 4.25. The minimum absolute atomic E-state index is 0.0815. The molecule has 4 atom stereocenters. The number of imide groups is 1. The summed E-state index contributed by atoms with van der Waals surface area (Å²) in [5, 5.41) is 5.33. The molecule has 25 heavy (non-hydrogen) atoms. The van der Waals surface area contributed by atoms with E-state index < -0.39 is 6.03 Å². The molecule has 1 aromatic carbocycles. The van der Waals surface area contributed by atoms with Gasteiger partial charge in [0.2, 0.25) is 11.8 Å². The second-order valence-electron chi connectivity index (χ2n) is 7.10. The maximum atomic E-state index is 12.6. The Morgan fingerprint density at radius 2 is 1.60 bits per heavy atom. The number of aryl methyl sites for hydroxylation is 1. The summed E-state index contributed by atoms with van der Waals surface area (Å²) in [5.74, 6) is -0.443. The summed E-state index contributed by atoms with van der Waals surface area (Å²) in [6.07, 6.45) is 6.11. The first-order valence-electron chi connectivity index (χ1n) is 8.69. The highest BCUT2D eigenvalue weighted by molar-refractivity contribution is 6.06. The zero-order chi connectivity index (χ0) is 17.6. The van der Waals surface area contributed by atoms with Crippen LogP contribution in [0.5, 0.6) is 0 Å². The van der Waals surface area contributed by atoms with Gasteiger partial charge in [-0.05, 0) is 43.7 Å². The van der Waals surface area contributed by atoms with Crippen LogP contribution in [-0.2, 0) is 9.59 Å². The summed E-state index contributed by atoms with van der Waals surface area (Å²) in [6.45, 7) is 1.89. The number of urea groups is 1. The summed E-state index contributed by atoms with van der Waals surface area (Å²) in [5.41, 5.74) is 1.77. The van der Waals surface area contributed by atoms with Crippen molar-refractivity contribution in [2.24, 2.45) is 23.7 Å². The number of amides is 4. The Morgan fingerprint density at radius 1 is 1.04 bits per heavy atom. The maximum absolute atomic E-state index is 12.6.